The zero-order chi connectivity index (χ0) is 15.9. The highest BCUT2D eigenvalue weighted by Gasteiger charge is 2.03. The summed E-state index contributed by atoms with van der Waals surface area (Å²) >= 11 is 3.46. The van der Waals surface area contributed by atoms with Crippen molar-refractivity contribution in [3.63, 3.8) is 0 Å². The van der Waals surface area contributed by atoms with Crippen LogP contribution in [-0.4, -0.2) is 22.8 Å². The number of hydrazone groups is 1. The van der Waals surface area contributed by atoms with Crippen LogP contribution in [0.5, 0.6) is 5.75 Å². The standard InChI is InChI=1S/C16H19BrN4O/c1-4-7-22-15-6-5-14(17)9-13(15)10-18-21-16-19-11(2)8-12(3)20-16/h5-6,8-10H,4,7H2,1-3H3,(H,19,20,21)/b18-10-. The number of nitrogens with zero attached hydrogens (tertiary/aromatic N) is 3. The van der Waals surface area contributed by atoms with Crippen LogP contribution in [0.3, 0.4) is 0 Å². The summed E-state index contributed by atoms with van der Waals surface area (Å²) in [5.74, 6) is 1.29. The van der Waals surface area contributed by atoms with Gasteiger partial charge in [0.25, 0.3) is 0 Å². The van der Waals surface area contributed by atoms with Gasteiger partial charge in [-0.2, -0.15) is 5.10 Å². The van der Waals surface area contributed by atoms with Crippen molar-refractivity contribution >= 4 is 28.1 Å². The van der Waals surface area contributed by atoms with Crippen molar-refractivity contribution in [1.29, 1.82) is 0 Å². The lowest BCUT2D eigenvalue weighted by molar-refractivity contribution is 0.317. The summed E-state index contributed by atoms with van der Waals surface area (Å²) in [4.78, 5) is 8.56. The van der Waals surface area contributed by atoms with Crippen LogP contribution in [0, 0.1) is 13.8 Å². The van der Waals surface area contributed by atoms with Gasteiger partial charge in [-0.25, -0.2) is 15.4 Å². The lowest BCUT2D eigenvalue weighted by Gasteiger charge is -2.08. The maximum Gasteiger partial charge on any atom is 0.243 e. The largest absolute Gasteiger partial charge is 0.493 e. The summed E-state index contributed by atoms with van der Waals surface area (Å²) in [5.41, 5.74) is 5.55. The molecule has 2 aromatic rings. The van der Waals surface area contributed by atoms with Gasteiger partial charge in [-0.3, -0.25) is 0 Å². The predicted octanol–water partition coefficient (Wildman–Crippen LogP) is 4.09. The summed E-state index contributed by atoms with van der Waals surface area (Å²) in [6.45, 7) is 6.60. The van der Waals surface area contributed by atoms with Gasteiger partial charge in [-0.15, -0.1) is 0 Å². The number of hydrogen-bond acceptors (Lipinski definition) is 5. The van der Waals surface area contributed by atoms with Crippen molar-refractivity contribution in [2.75, 3.05) is 12.0 Å². The average Bonchev–Trinajstić information content (AvgIpc) is 2.45. The molecule has 0 amide bonds. The Hall–Kier alpha value is -1.95. The van der Waals surface area contributed by atoms with Crippen LogP contribution in [0.2, 0.25) is 0 Å². The second-order valence-electron chi connectivity index (χ2n) is 4.87. The van der Waals surface area contributed by atoms with Gasteiger partial charge in [-0.05, 0) is 44.5 Å². The summed E-state index contributed by atoms with van der Waals surface area (Å²) in [5, 5.41) is 4.20. The number of rotatable bonds is 6. The van der Waals surface area contributed by atoms with Crippen molar-refractivity contribution in [1.82, 2.24) is 9.97 Å². The van der Waals surface area contributed by atoms with Crippen LogP contribution >= 0.6 is 15.9 Å². The number of hydrogen-bond donors (Lipinski definition) is 1. The molecule has 0 fully saturated rings. The summed E-state index contributed by atoms with van der Waals surface area (Å²) in [6.07, 6.45) is 2.66. The van der Waals surface area contributed by atoms with E-state index >= 15 is 0 Å². The SMILES string of the molecule is CCCOc1ccc(Br)cc1/C=N\Nc1nc(C)cc(C)n1. The monoisotopic (exact) mass is 362 g/mol. The van der Waals surface area contributed by atoms with Crippen LogP contribution < -0.4 is 10.2 Å². The molecule has 1 heterocycles. The molecule has 0 saturated heterocycles. The fourth-order valence-corrected chi connectivity index (χ4v) is 2.28. The molecule has 6 heteroatoms. The summed E-state index contributed by atoms with van der Waals surface area (Å²) in [6, 6.07) is 7.75. The number of aromatic nitrogens is 2. The minimum atomic E-state index is 0.486. The molecule has 0 radical (unpaired) electrons. The van der Waals surface area contributed by atoms with Crippen LogP contribution in [0.15, 0.2) is 33.8 Å². The first-order valence-corrected chi connectivity index (χ1v) is 7.91. The van der Waals surface area contributed by atoms with Crippen molar-refractivity contribution in [2.24, 2.45) is 5.10 Å². The van der Waals surface area contributed by atoms with Gasteiger partial charge in [0.05, 0.1) is 12.8 Å². The Kier molecular flexibility index (Phi) is 5.89. The molecule has 0 spiro atoms. The first kappa shape index (κ1) is 16.4. The third-order valence-corrected chi connectivity index (χ3v) is 3.28. The topological polar surface area (TPSA) is 59.4 Å². The summed E-state index contributed by atoms with van der Waals surface area (Å²) < 4.78 is 6.68. The molecule has 22 heavy (non-hydrogen) atoms. The molecule has 1 N–H and O–H groups in total. The number of benzene rings is 1. The Balaban J connectivity index is 2.13. The van der Waals surface area contributed by atoms with Crippen molar-refractivity contribution in [3.05, 3.63) is 45.7 Å². The number of aryl methyl sites for hydroxylation is 2. The van der Waals surface area contributed by atoms with Crippen LogP contribution in [0.25, 0.3) is 0 Å². The minimum absolute atomic E-state index is 0.486. The first-order valence-electron chi connectivity index (χ1n) is 7.12. The van der Waals surface area contributed by atoms with E-state index in [0.717, 1.165) is 33.6 Å². The molecule has 2 rings (SSSR count). The molecule has 0 unspecified atom stereocenters. The van der Waals surface area contributed by atoms with Crippen molar-refractivity contribution in [2.45, 2.75) is 27.2 Å². The van der Waals surface area contributed by atoms with E-state index in [-0.39, 0.29) is 0 Å². The smallest absolute Gasteiger partial charge is 0.243 e. The third-order valence-electron chi connectivity index (χ3n) is 2.78. The zero-order valence-electron chi connectivity index (χ0n) is 12.9. The first-order chi connectivity index (χ1) is 10.6. The molecule has 1 aromatic heterocycles. The van der Waals surface area contributed by atoms with Gasteiger partial charge in [0.1, 0.15) is 5.75 Å². The van der Waals surface area contributed by atoms with E-state index in [1.54, 1.807) is 6.21 Å². The fraction of sp³-hybridized carbons (Fsp3) is 0.312. The van der Waals surface area contributed by atoms with Crippen LogP contribution in [0.1, 0.15) is 30.3 Å². The number of halogens is 1. The molecular weight excluding hydrogens is 344 g/mol. The Morgan fingerprint density at radius 2 is 1.95 bits per heavy atom. The quantitative estimate of drug-likeness (QED) is 0.620. The molecule has 0 aliphatic heterocycles. The fourth-order valence-electron chi connectivity index (χ4n) is 1.90. The maximum absolute atomic E-state index is 5.71. The molecule has 0 bridgehead atoms. The predicted molar refractivity (Wildman–Crippen MR) is 92.7 cm³/mol. The average molecular weight is 363 g/mol. The molecule has 0 aliphatic rings. The van der Waals surface area contributed by atoms with Gasteiger partial charge < -0.3 is 4.74 Å². The third kappa shape index (κ3) is 4.80. The Morgan fingerprint density at radius 1 is 1.23 bits per heavy atom. The Bertz CT molecular complexity index is 653. The Morgan fingerprint density at radius 3 is 2.64 bits per heavy atom. The lowest BCUT2D eigenvalue weighted by atomic mass is 10.2. The van der Waals surface area contributed by atoms with Gasteiger partial charge in [0.15, 0.2) is 0 Å². The highest BCUT2D eigenvalue weighted by Crippen LogP contribution is 2.22. The molecule has 0 saturated carbocycles. The van der Waals surface area contributed by atoms with E-state index in [4.69, 9.17) is 4.74 Å². The van der Waals surface area contributed by atoms with E-state index < -0.39 is 0 Å². The molecule has 0 aliphatic carbocycles. The van der Waals surface area contributed by atoms with E-state index in [1.807, 2.05) is 38.1 Å². The molecule has 0 atom stereocenters. The number of ether oxygens (including phenoxy) is 1. The van der Waals surface area contributed by atoms with E-state index in [2.05, 4.69) is 43.3 Å². The van der Waals surface area contributed by atoms with Gasteiger partial charge >= 0.3 is 0 Å². The maximum atomic E-state index is 5.71. The highest BCUT2D eigenvalue weighted by atomic mass is 79.9. The minimum Gasteiger partial charge on any atom is -0.493 e. The molecule has 116 valence electrons. The Labute approximate surface area is 139 Å². The highest BCUT2D eigenvalue weighted by molar-refractivity contribution is 9.10. The van der Waals surface area contributed by atoms with Gasteiger partial charge in [0, 0.05) is 21.4 Å². The molecular formula is C16H19BrN4O. The van der Waals surface area contributed by atoms with E-state index in [9.17, 15) is 0 Å². The number of nitrogens with one attached hydrogen (secondary N) is 1. The normalized spacial score (nSPS) is 10.9. The zero-order valence-corrected chi connectivity index (χ0v) is 14.5. The molecule has 1 aromatic carbocycles. The lowest BCUT2D eigenvalue weighted by Crippen LogP contribution is -2.01. The van der Waals surface area contributed by atoms with E-state index in [0.29, 0.717) is 12.6 Å². The van der Waals surface area contributed by atoms with Gasteiger partial charge in [0.2, 0.25) is 5.95 Å². The molecule has 5 nitrogen and oxygen atoms in total. The van der Waals surface area contributed by atoms with Crippen LogP contribution in [0.4, 0.5) is 5.95 Å². The van der Waals surface area contributed by atoms with Crippen molar-refractivity contribution < 1.29 is 4.74 Å². The second kappa shape index (κ2) is 7.89. The summed E-state index contributed by atoms with van der Waals surface area (Å²) in [7, 11) is 0. The van der Waals surface area contributed by atoms with E-state index in [1.165, 1.54) is 0 Å². The second-order valence-corrected chi connectivity index (χ2v) is 5.79. The van der Waals surface area contributed by atoms with Crippen molar-refractivity contribution in [3.8, 4) is 5.75 Å². The number of anilines is 1. The van der Waals surface area contributed by atoms with Gasteiger partial charge in [-0.1, -0.05) is 22.9 Å². The van der Waals surface area contributed by atoms with Crippen LogP contribution in [-0.2, 0) is 0 Å².